The fourth-order valence-corrected chi connectivity index (χ4v) is 2.51. The Bertz CT molecular complexity index is 422. The van der Waals surface area contributed by atoms with Crippen LogP contribution in [-0.4, -0.2) is 36.1 Å². The number of thiocarbonyl (C=S) groups is 1. The van der Waals surface area contributed by atoms with E-state index in [-0.39, 0.29) is 0 Å². The summed E-state index contributed by atoms with van der Waals surface area (Å²) in [6.07, 6.45) is 3.78. The largest absolute Gasteiger partial charge is 0.491 e. The molecule has 0 aliphatic carbocycles. The number of likely N-dealkylation sites (tertiary alicyclic amines) is 1. The van der Waals surface area contributed by atoms with Crippen molar-refractivity contribution in [1.29, 1.82) is 0 Å². The number of ether oxygens (including phenoxy) is 1. The van der Waals surface area contributed by atoms with E-state index in [4.69, 9.17) is 22.7 Å². The van der Waals surface area contributed by atoms with E-state index in [1.165, 1.54) is 19.3 Å². The third-order valence-electron chi connectivity index (χ3n) is 3.51. The molecule has 1 aliphatic rings. The van der Waals surface area contributed by atoms with Gasteiger partial charge in [-0.1, -0.05) is 30.8 Å². The Labute approximate surface area is 114 Å². The lowest BCUT2D eigenvalue weighted by atomic mass is 10.0. The lowest BCUT2D eigenvalue weighted by Gasteiger charge is -2.32. The molecule has 1 aromatic rings. The first-order valence-corrected chi connectivity index (χ1v) is 6.81. The molecule has 2 rings (SSSR count). The molecule has 1 aromatic carbocycles. The molecular weight excluding hydrogens is 244 g/mol. The van der Waals surface area contributed by atoms with Crippen LogP contribution in [0.25, 0.3) is 0 Å². The van der Waals surface area contributed by atoms with Crippen molar-refractivity contribution in [3.63, 3.8) is 0 Å². The maximum absolute atomic E-state index is 5.90. The predicted molar refractivity (Wildman–Crippen MR) is 78.1 cm³/mol. The molecule has 1 atom stereocenters. The Morgan fingerprint density at radius 2 is 2.22 bits per heavy atom. The van der Waals surface area contributed by atoms with Crippen molar-refractivity contribution in [2.24, 2.45) is 5.73 Å². The minimum atomic E-state index is 0.391. The fourth-order valence-electron chi connectivity index (χ4n) is 2.34. The van der Waals surface area contributed by atoms with Gasteiger partial charge in [0, 0.05) is 6.04 Å². The van der Waals surface area contributed by atoms with Gasteiger partial charge >= 0.3 is 0 Å². The molecular formula is C14H20N2OS. The molecule has 0 aromatic heterocycles. The zero-order chi connectivity index (χ0) is 13.0. The van der Waals surface area contributed by atoms with Crippen molar-refractivity contribution in [3.05, 3.63) is 29.8 Å². The van der Waals surface area contributed by atoms with Crippen molar-refractivity contribution in [1.82, 2.24) is 4.90 Å². The van der Waals surface area contributed by atoms with E-state index in [0.717, 1.165) is 17.9 Å². The van der Waals surface area contributed by atoms with Crippen LogP contribution in [0.5, 0.6) is 5.75 Å². The van der Waals surface area contributed by atoms with Crippen molar-refractivity contribution >= 4 is 17.2 Å². The lowest BCUT2D eigenvalue weighted by Crippen LogP contribution is -2.40. The highest BCUT2D eigenvalue weighted by Gasteiger charge is 2.19. The normalized spacial score (nSPS) is 20.6. The number of rotatable bonds is 4. The first-order valence-electron chi connectivity index (χ1n) is 6.40. The van der Waals surface area contributed by atoms with E-state index < -0.39 is 0 Å². The average Bonchev–Trinajstić information content (AvgIpc) is 2.38. The number of benzene rings is 1. The van der Waals surface area contributed by atoms with Crippen LogP contribution in [0.15, 0.2) is 24.3 Å². The number of para-hydroxylation sites is 1. The van der Waals surface area contributed by atoms with Gasteiger partial charge in [-0.3, -0.25) is 0 Å². The summed E-state index contributed by atoms with van der Waals surface area (Å²) in [4.78, 5) is 2.76. The first kappa shape index (κ1) is 13.3. The molecule has 0 saturated carbocycles. The minimum Gasteiger partial charge on any atom is -0.491 e. The first-order chi connectivity index (χ1) is 8.68. The average molecular weight is 264 g/mol. The van der Waals surface area contributed by atoms with Crippen LogP contribution >= 0.6 is 12.2 Å². The number of hydrogen-bond acceptors (Lipinski definition) is 3. The zero-order valence-corrected chi connectivity index (χ0v) is 11.6. The number of piperidine rings is 1. The molecule has 1 unspecified atom stereocenters. The van der Waals surface area contributed by atoms with E-state index in [2.05, 4.69) is 11.9 Å². The van der Waals surface area contributed by atoms with Gasteiger partial charge in [0.15, 0.2) is 0 Å². The molecule has 0 bridgehead atoms. The van der Waals surface area contributed by atoms with Crippen LogP contribution in [0, 0.1) is 0 Å². The number of hydrogen-bond donors (Lipinski definition) is 1. The second-order valence-corrected chi connectivity index (χ2v) is 5.24. The SMILES string of the molecule is CN1CCCCC1COc1ccccc1C(N)=S. The van der Waals surface area contributed by atoms with Crippen LogP contribution in [0.4, 0.5) is 0 Å². The summed E-state index contributed by atoms with van der Waals surface area (Å²) in [5.74, 6) is 0.795. The van der Waals surface area contributed by atoms with Crippen molar-refractivity contribution < 1.29 is 4.74 Å². The van der Waals surface area contributed by atoms with Crippen molar-refractivity contribution in [3.8, 4) is 5.75 Å². The molecule has 18 heavy (non-hydrogen) atoms. The predicted octanol–water partition coefficient (Wildman–Crippen LogP) is 2.18. The molecule has 2 N–H and O–H groups in total. The summed E-state index contributed by atoms with van der Waals surface area (Å²) in [6, 6.07) is 8.20. The molecule has 1 fully saturated rings. The van der Waals surface area contributed by atoms with E-state index >= 15 is 0 Å². The molecule has 1 heterocycles. The molecule has 3 nitrogen and oxygen atoms in total. The standard InChI is InChI=1S/C14H20N2OS/c1-16-9-5-4-6-11(16)10-17-13-8-3-2-7-12(13)14(15)18/h2-3,7-8,11H,4-6,9-10H2,1H3,(H2,15,18). The third kappa shape index (κ3) is 3.21. The molecule has 0 radical (unpaired) electrons. The van der Waals surface area contributed by atoms with E-state index in [9.17, 15) is 0 Å². The van der Waals surface area contributed by atoms with Crippen molar-refractivity contribution in [2.75, 3.05) is 20.2 Å². The quantitative estimate of drug-likeness (QED) is 0.846. The van der Waals surface area contributed by atoms with Crippen LogP contribution in [0.2, 0.25) is 0 Å². The summed E-state index contributed by atoms with van der Waals surface area (Å²) in [7, 11) is 2.16. The van der Waals surface area contributed by atoms with Crippen molar-refractivity contribution in [2.45, 2.75) is 25.3 Å². The number of nitrogens with two attached hydrogens (primary N) is 1. The van der Waals surface area contributed by atoms with E-state index in [0.29, 0.717) is 17.6 Å². The third-order valence-corrected chi connectivity index (χ3v) is 3.73. The molecule has 0 spiro atoms. The van der Waals surface area contributed by atoms with Gasteiger partial charge in [-0.25, -0.2) is 0 Å². The Balaban J connectivity index is 1.99. The minimum absolute atomic E-state index is 0.391. The van der Waals surface area contributed by atoms with Gasteiger partial charge < -0.3 is 15.4 Å². The van der Waals surface area contributed by atoms with Gasteiger partial charge in [-0.15, -0.1) is 0 Å². The Hall–Kier alpha value is -1.13. The second kappa shape index (κ2) is 6.16. The maximum atomic E-state index is 5.90. The van der Waals surface area contributed by atoms with Crippen LogP contribution in [0.3, 0.4) is 0 Å². The summed E-state index contributed by atoms with van der Waals surface area (Å²) >= 11 is 5.03. The molecule has 4 heteroatoms. The molecule has 1 saturated heterocycles. The Kier molecular flexibility index (Phi) is 4.55. The van der Waals surface area contributed by atoms with Crippen LogP contribution in [-0.2, 0) is 0 Å². The van der Waals surface area contributed by atoms with Gasteiger partial charge in [0.1, 0.15) is 17.3 Å². The molecule has 98 valence electrons. The summed E-state index contributed by atoms with van der Waals surface area (Å²) in [5.41, 5.74) is 6.52. The molecule has 0 amide bonds. The van der Waals surface area contributed by atoms with Crippen LogP contribution < -0.4 is 10.5 Å². The van der Waals surface area contributed by atoms with Gasteiger partial charge in [-0.2, -0.15) is 0 Å². The highest BCUT2D eigenvalue weighted by atomic mass is 32.1. The highest BCUT2D eigenvalue weighted by molar-refractivity contribution is 7.80. The monoisotopic (exact) mass is 264 g/mol. The van der Waals surface area contributed by atoms with Gasteiger partial charge in [0.05, 0.1) is 5.56 Å². The lowest BCUT2D eigenvalue weighted by molar-refractivity contribution is 0.125. The molecule has 1 aliphatic heterocycles. The summed E-state index contributed by atoms with van der Waals surface area (Å²) in [5, 5.41) is 0. The Morgan fingerprint density at radius 1 is 1.44 bits per heavy atom. The summed E-state index contributed by atoms with van der Waals surface area (Å²) < 4.78 is 5.90. The fraction of sp³-hybridized carbons (Fsp3) is 0.500. The van der Waals surface area contributed by atoms with Gasteiger partial charge in [0.2, 0.25) is 0 Å². The number of likely N-dealkylation sites (N-methyl/N-ethyl adjacent to an activating group) is 1. The maximum Gasteiger partial charge on any atom is 0.129 e. The topological polar surface area (TPSA) is 38.5 Å². The number of nitrogens with zero attached hydrogens (tertiary/aromatic N) is 1. The summed E-state index contributed by atoms with van der Waals surface area (Å²) in [6.45, 7) is 1.86. The zero-order valence-electron chi connectivity index (χ0n) is 10.8. The smallest absolute Gasteiger partial charge is 0.129 e. The second-order valence-electron chi connectivity index (χ2n) is 4.80. The van der Waals surface area contributed by atoms with E-state index in [1.54, 1.807) is 0 Å². The van der Waals surface area contributed by atoms with Crippen LogP contribution in [0.1, 0.15) is 24.8 Å². The highest BCUT2D eigenvalue weighted by Crippen LogP contribution is 2.20. The van der Waals surface area contributed by atoms with Gasteiger partial charge in [0.25, 0.3) is 0 Å². The Morgan fingerprint density at radius 3 is 2.94 bits per heavy atom. The van der Waals surface area contributed by atoms with Gasteiger partial charge in [-0.05, 0) is 38.6 Å². The van der Waals surface area contributed by atoms with E-state index in [1.807, 2.05) is 24.3 Å².